The molecule has 0 aromatic heterocycles. The van der Waals surface area contributed by atoms with Gasteiger partial charge in [-0.3, -0.25) is 4.90 Å². The van der Waals surface area contributed by atoms with Gasteiger partial charge in [0.25, 0.3) is 0 Å². The van der Waals surface area contributed by atoms with Crippen LogP contribution in [0.3, 0.4) is 0 Å². The standard InChI is InChI=1S/C22H27F2N3O/c1-26(15-18-10-11-20(23)21(24)13-18)22(28)25-14-19-9-5-6-12-27(19)16-17-7-3-2-4-8-17/h2-4,7-8,10-11,13,19H,5-6,9,12,14-16H2,1H3,(H,25,28). The van der Waals surface area contributed by atoms with E-state index in [0.29, 0.717) is 18.2 Å². The Morgan fingerprint density at radius 2 is 1.89 bits per heavy atom. The number of hydrogen-bond acceptors (Lipinski definition) is 2. The maximum atomic E-state index is 13.3. The molecular weight excluding hydrogens is 360 g/mol. The Balaban J connectivity index is 1.52. The minimum absolute atomic E-state index is 0.213. The first kappa shape index (κ1) is 20.3. The third-order valence-electron chi connectivity index (χ3n) is 5.22. The van der Waals surface area contributed by atoms with Gasteiger partial charge in [0.15, 0.2) is 11.6 Å². The molecule has 150 valence electrons. The summed E-state index contributed by atoms with van der Waals surface area (Å²) >= 11 is 0. The molecule has 28 heavy (non-hydrogen) atoms. The summed E-state index contributed by atoms with van der Waals surface area (Å²) in [6.07, 6.45) is 3.39. The zero-order chi connectivity index (χ0) is 19.9. The number of carbonyl (C=O) groups is 1. The van der Waals surface area contributed by atoms with Gasteiger partial charge in [-0.2, -0.15) is 0 Å². The van der Waals surface area contributed by atoms with Crippen molar-refractivity contribution in [3.63, 3.8) is 0 Å². The van der Waals surface area contributed by atoms with Crippen molar-refractivity contribution in [2.45, 2.75) is 38.4 Å². The number of piperidine rings is 1. The normalized spacial score (nSPS) is 17.3. The number of likely N-dealkylation sites (tertiary alicyclic amines) is 1. The van der Waals surface area contributed by atoms with Gasteiger partial charge in [-0.1, -0.05) is 42.8 Å². The third kappa shape index (κ3) is 5.52. The van der Waals surface area contributed by atoms with Crippen molar-refractivity contribution in [1.82, 2.24) is 15.1 Å². The van der Waals surface area contributed by atoms with Crippen molar-refractivity contribution in [3.8, 4) is 0 Å². The average Bonchev–Trinajstić information content (AvgIpc) is 2.70. The molecule has 2 aromatic carbocycles. The van der Waals surface area contributed by atoms with Crippen LogP contribution in [0.25, 0.3) is 0 Å². The van der Waals surface area contributed by atoms with E-state index in [2.05, 4.69) is 22.3 Å². The summed E-state index contributed by atoms with van der Waals surface area (Å²) in [5.41, 5.74) is 1.83. The SMILES string of the molecule is CN(Cc1ccc(F)c(F)c1)C(=O)NCC1CCCCN1Cc1ccccc1. The molecule has 3 rings (SSSR count). The summed E-state index contributed by atoms with van der Waals surface area (Å²) in [6.45, 7) is 2.71. The zero-order valence-electron chi connectivity index (χ0n) is 16.2. The molecule has 0 radical (unpaired) electrons. The molecule has 2 aromatic rings. The number of benzene rings is 2. The molecule has 1 fully saturated rings. The fraction of sp³-hybridized carbons (Fsp3) is 0.409. The van der Waals surface area contributed by atoms with Gasteiger partial charge >= 0.3 is 6.03 Å². The van der Waals surface area contributed by atoms with E-state index in [9.17, 15) is 13.6 Å². The van der Waals surface area contributed by atoms with Gasteiger partial charge < -0.3 is 10.2 Å². The van der Waals surface area contributed by atoms with E-state index < -0.39 is 11.6 Å². The second kappa shape index (κ2) is 9.64. The van der Waals surface area contributed by atoms with Crippen LogP contribution in [0.5, 0.6) is 0 Å². The number of hydrogen-bond donors (Lipinski definition) is 1. The van der Waals surface area contributed by atoms with Crippen molar-refractivity contribution in [2.24, 2.45) is 0 Å². The minimum Gasteiger partial charge on any atom is -0.336 e. The Bertz CT molecular complexity index is 785. The first-order valence-corrected chi connectivity index (χ1v) is 9.74. The second-order valence-electron chi connectivity index (χ2n) is 7.40. The molecule has 0 aliphatic carbocycles. The number of carbonyl (C=O) groups excluding carboxylic acids is 1. The smallest absolute Gasteiger partial charge is 0.317 e. The molecule has 1 atom stereocenters. The Morgan fingerprint density at radius 3 is 2.64 bits per heavy atom. The van der Waals surface area contributed by atoms with Crippen LogP contribution in [0, 0.1) is 11.6 Å². The van der Waals surface area contributed by atoms with Crippen molar-refractivity contribution >= 4 is 6.03 Å². The highest BCUT2D eigenvalue weighted by Gasteiger charge is 2.23. The van der Waals surface area contributed by atoms with E-state index in [-0.39, 0.29) is 12.6 Å². The van der Waals surface area contributed by atoms with Gasteiger partial charge in [0.2, 0.25) is 0 Å². The Hall–Kier alpha value is -2.47. The van der Waals surface area contributed by atoms with Crippen LogP contribution in [0.15, 0.2) is 48.5 Å². The summed E-state index contributed by atoms with van der Waals surface area (Å²) in [7, 11) is 1.65. The van der Waals surface area contributed by atoms with E-state index in [1.54, 1.807) is 7.05 Å². The minimum atomic E-state index is -0.898. The number of nitrogens with one attached hydrogen (secondary N) is 1. The van der Waals surface area contributed by atoms with Gasteiger partial charge in [0.05, 0.1) is 0 Å². The van der Waals surface area contributed by atoms with Gasteiger partial charge in [0, 0.05) is 32.7 Å². The highest BCUT2D eigenvalue weighted by molar-refractivity contribution is 5.73. The maximum Gasteiger partial charge on any atom is 0.317 e. The molecule has 1 heterocycles. The summed E-state index contributed by atoms with van der Waals surface area (Å²) in [4.78, 5) is 16.3. The van der Waals surface area contributed by atoms with Crippen LogP contribution in [-0.4, -0.2) is 42.0 Å². The largest absolute Gasteiger partial charge is 0.336 e. The lowest BCUT2D eigenvalue weighted by Gasteiger charge is -2.36. The lowest BCUT2D eigenvalue weighted by Crippen LogP contribution is -2.48. The molecule has 0 spiro atoms. The molecule has 4 nitrogen and oxygen atoms in total. The van der Waals surface area contributed by atoms with Gasteiger partial charge in [-0.25, -0.2) is 13.6 Å². The molecular formula is C22H27F2N3O. The summed E-state index contributed by atoms with van der Waals surface area (Å²) < 4.78 is 26.4. The molecule has 1 N–H and O–H groups in total. The molecule has 1 saturated heterocycles. The lowest BCUT2D eigenvalue weighted by atomic mass is 10.0. The van der Waals surface area contributed by atoms with E-state index in [0.717, 1.165) is 38.1 Å². The first-order chi connectivity index (χ1) is 13.5. The fourth-order valence-corrected chi connectivity index (χ4v) is 3.64. The van der Waals surface area contributed by atoms with Crippen LogP contribution in [0.2, 0.25) is 0 Å². The Labute approximate surface area is 165 Å². The van der Waals surface area contributed by atoms with Crippen LogP contribution < -0.4 is 5.32 Å². The highest BCUT2D eigenvalue weighted by Crippen LogP contribution is 2.19. The number of halogens is 2. The van der Waals surface area contributed by atoms with E-state index in [4.69, 9.17) is 0 Å². The average molecular weight is 387 g/mol. The van der Waals surface area contributed by atoms with Crippen molar-refractivity contribution in [3.05, 3.63) is 71.3 Å². The lowest BCUT2D eigenvalue weighted by molar-refractivity contribution is 0.135. The van der Waals surface area contributed by atoms with Crippen LogP contribution >= 0.6 is 0 Å². The molecule has 0 bridgehead atoms. The monoisotopic (exact) mass is 387 g/mol. The zero-order valence-corrected chi connectivity index (χ0v) is 16.2. The van der Waals surface area contributed by atoms with Crippen molar-refractivity contribution in [1.29, 1.82) is 0 Å². The topological polar surface area (TPSA) is 35.6 Å². The van der Waals surface area contributed by atoms with Crippen molar-refractivity contribution < 1.29 is 13.6 Å². The summed E-state index contributed by atoms with van der Waals surface area (Å²) in [5, 5.41) is 2.99. The second-order valence-corrected chi connectivity index (χ2v) is 7.40. The Morgan fingerprint density at radius 1 is 1.11 bits per heavy atom. The highest BCUT2D eigenvalue weighted by atomic mass is 19.2. The Kier molecular flexibility index (Phi) is 6.98. The fourth-order valence-electron chi connectivity index (χ4n) is 3.64. The molecule has 1 unspecified atom stereocenters. The number of nitrogens with zero attached hydrogens (tertiary/aromatic N) is 2. The van der Waals surface area contributed by atoms with E-state index >= 15 is 0 Å². The maximum absolute atomic E-state index is 13.3. The number of rotatable bonds is 6. The first-order valence-electron chi connectivity index (χ1n) is 9.74. The molecule has 1 aliphatic heterocycles. The quantitative estimate of drug-likeness (QED) is 0.808. The van der Waals surface area contributed by atoms with Gasteiger partial charge in [-0.05, 0) is 42.6 Å². The number of urea groups is 1. The van der Waals surface area contributed by atoms with Crippen LogP contribution in [0.1, 0.15) is 30.4 Å². The summed E-state index contributed by atoms with van der Waals surface area (Å²) in [6, 6.07) is 14.1. The van der Waals surface area contributed by atoms with E-state index in [1.165, 1.54) is 23.0 Å². The molecule has 0 saturated carbocycles. The number of amides is 2. The molecule has 6 heteroatoms. The summed E-state index contributed by atoms with van der Waals surface area (Å²) in [5.74, 6) is -1.78. The van der Waals surface area contributed by atoms with Gasteiger partial charge in [0.1, 0.15) is 0 Å². The van der Waals surface area contributed by atoms with Crippen LogP contribution in [0.4, 0.5) is 13.6 Å². The predicted octanol–water partition coefficient (Wildman–Crippen LogP) is 4.16. The molecule has 2 amide bonds. The van der Waals surface area contributed by atoms with Crippen LogP contribution in [-0.2, 0) is 13.1 Å². The third-order valence-corrected chi connectivity index (χ3v) is 5.22. The van der Waals surface area contributed by atoms with Gasteiger partial charge in [-0.15, -0.1) is 0 Å². The van der Waals surface area contributed by atoms with E-state index in [1.807, 2.05) is 18.2 Å². The van der Waals surface area contributed by atoms with Crippen molar-refractivity contribution in [2.75, 3.05) is 20.1 Å². The predicted molar refractivity (Wildman–Crippen MR) is 106 cm³/mol. The molecule has 1 aliphatic rings.